The molecule has 10 nitrogen and oxygen atoms in total. The molecule has 0 aliphatic carbocycles. The van der Waals surface area contributed by atoms with Crippen LogP contribution in [0.3, 0.4) is 0 Å². The number of methoxy groups -OCH3 is 2. The Labute approximate surface area is 236 Å². The monoisotopic (exact) mass is 574 g/mol. The van der Waals surface area contributed by atoms with Crippen LogP contribution in [0, 0.1) is 11.8 Å². The van der Waals surface area contributed by atoms with E-state index in [0.29, 0.717) is 27.1 Å². The van der Waals surface area contributed by atoms with Gasteiger partial charge in [0.25, 0.3) is 11.8 Å². The zero-order valence-corrected chi connectivity index (χ0v) is 24.7. The Morgan fingerprint density at radius 1 is 0.821 bits per heavy atom. The van der Waals surface area contributed by atoms with Crippen molar-refractivity contribution in [3.63, 3.8) is 0 Å². The van der Waals surface area contributed by atoms with Gasteiger partial charge in [-0.2, -0.15) is 0 Å². The van der Waals surface area contributed by atoms with E-state index in [1.807, 2.05) is 27.7 Å². The molecule has 1 aromatic carbocycles. The highest BCUT2D eigenvalue weighted by molar-refractivity contribution is 7.10. The van der Waals surface area contributed by atoms with E-state index >= 15 is 0 Å². The molecule has 0 spiro atoms. The topological polar surface area (TPSA) is 129 Å². The van der Waals surface area contributed by atoms with Gasteiger partial charge in [-0.15, -0.1) is 22.7 Å². The quantitative estimate of drug-likeness (QED) is 0.288. The van der Waals surface area contributed by atoms with Gasteiger partial charge in [-0.05, 0) is 37.0 Å². The fourth-order valence-corrected chi connectivity index (χ4v) is 5.74. The number of thiazole rings is 2. The Bertz CT molecular complexity index is 1300. The normalized spacial score (nSPS) is 12.6. The molecular weight excluding hydrogens is 540 g/mol. The Morgan fingerprint density at radius 3 is 1.90 bits per heavy atom. The van der Waals surface area contributed by atoms with E-state index < -0.39 is 18.1 Å². The lowest BCUT2D eigenvalue weighted by Gasteiger charge is -2.21. The second-order valence-corrected chi connectivity index (χ2v) is 11.1. The third-order valence-electron chi connectivity index (χ3n) is 5.85. The zero-order chi connectivity index (χ0) is 28.7. The molecule has 0 unspecified atom stereocenters. The maximum Gasteiger partial charge on any atom is 0.357 e. The van der Waals surface area contributed by atoms with Gasteiger partial charge >= 0.3 is 5.97 Å². The van der Waals surface area contributed by atoms with Gasteiger partial charge < -0.3 is 24.8 Å². The average Bonchev–Trinajstić information content (AvgIpc) is 3.60. The van der Waals surface area contributed by atoms with Gasteiger partial charge in [0.1, 0.15) is 15.7 Å². The summed E-state index contributed by atoms with van der Waals surface area (Å²) in [7, 11) is 3.04. The van der Waals surface area contributed by atoms with Crippen molar-refractivity contribution in [2.24, 2.45) is 11.8 Å². The molecule has 0 fully saturated rings. The van der Waals surface area contributed by atoms with Crippen molar-refractivity contribution in [1.82, 2.24) is 20.6 Å². The van der Waals surface area contributed by atoms with E-state index in [9.17, 15) is 14.4 Å². The van der Waals surface area contributed by atoms with Crippen molar-refractivity contribution in [2.45, 2.75) is 46.7 Å². The SMILES string of the molecule is CCOC(=O)c1csc([C@@H](NC(=O)c2csc([C@@H](NC(=O)c3ccc(OC)c(OC)c3)C(C)C)n2)C(C)C)n1. The van der Waals surface area contributed by atoms with Crippen molar-refractivity contribution in [2.75, 3.05) is 20.8 Å². The molecule has 2 heterocycles. The van der Waals surface area contributed by atoms with Crippen LogP contribution >= 0.6 is 22.7 Å². The first-order valence-electron chi connectivity index (χ1n) is 12.5. The third-order valence-corrected chi connectivity index (χ3v) is 7.70. The van der Waals surface area contributed by atoms with E-state index in [2.05, 4.69) is 20.6 Å². The van der Waals surface area contributed by atoms with Crippen molar-refractivity contribution < 1.29 is 28.6 Å². The van der Waals surface area contributed by atoms with Gasteiger partial charge in [0.2, 0.25) is 0 Å². The van der Waals surface area contributed by atoms with Crippen LogP contribution in [0.4, 0.5) is 0 Å². The highest BCUT2D eigenvalue weighted by atomic mass is 32.1. The van der Waals surface area contributed by atoms with Gasteiger partial charge in [0.05, 0.1) is 32.9 Å². The Balaban J connectivity index is 1.75. The molecular formula is C27H34N4O6S2. The van der Waals surface area contributed by atoms with Crippen LogP contribution in [-0.4, -0.2) is 48.6 Å². The Kier molecular flexibility index (Phi) is 10.4. The van der Waals surface area contributed by atoms with E-state index in [1.54, 1.807) is 35.9 Å². The summed E-state index contributed by atoms with van der Waals surface area (Å²) in [6.45, 7) is 9.85. The number of hydrogen-bond acceptors (Lipinski definition) is 10. The number of nitrogens with zero attached hydrogens (tertiary/aromatic N) is 2. The molecule has 3 rings (SSSR count). The molecule has 2 N–H and O–H groups in total. The number of hydrogen-bond donors (Lipinski definition) is 2. The molecule has 0 aliphatic heterocycles. The van der Waals surface area contributed by atoms with Gasteiger partial charge in [-0.3, -0.25) is 9.59 Å². The van der Waals surface area contributed by atoms with Crippen molar-refractivity contribution >= 4 is 40.5 Å². The number of carbonyl (C=O) groups excluding carboxylic acids is 3. The fraction of sp³-hybridized carbons (Fsp3) is 0.444. The lowest BCUT2D eigenvalue weighted by atomic mass is 10.0. The van der Waals surface area contributed by atoms with Crippen LogP contribution in [0.5, 0.6) is 11.5 Å². The second kappa shape index (κ2) is 13.5. The predicted molar refractivity (Wildman–Crippen MR) is 150 cm³/mol. The van der Waals surface area contributed by atoms with Crippen LogP contribution < -0.4 is 20.1 Å². The lowest BCUT2D eigenvalue weighted by Crippen LogP contribution is -2.33. The first kappa shape index (κ1) is 30.0. The largest absolute Gasteiger partial charge is 0.493 e. The number of rotatable bonds is 12. The molecule has 39 heavy (non-hydrogen) atoms. The smallest absolute Gasteiger partial charge is 0.357 e. The number of nitrogens with one attached hydrogen (secondary N) is 2. The average molecular weight is 575 g/mol. The van der Waals surface area contributed by atoms with Gasteiger partial charge in [-0.25, -0.2) is 14.8 Å². The molecule has 2 atom stereocenters. The van der Waals surface area contributed by atoms with E-state index in [1.165, 1.54) is 36.9 Å². The number of benzene rings is 1. The van der Waals surface area contributed by atoms with Crippen LogP contribution in [0.2, 0.25) is 0 Å². The summed E-state index contributed by atoms with van der Waals surface area (Å²) in [4.78, 5) is 47.2. The highest BCUT2D eigenvalue weighted by Crippen LogP contribution is 2.30. The summed E-state index contributed by atoms with van der Waals surface area (Å²) in [6, 6.07) is 4.12. The minimum Gasteiger partial charge on any atom is -0.493 e. The molecule has 0 saturated heterocycles. The maximum atomic E-state index is 13.2. The van der Waals surface area contributed by atoms with Crippen molar-refractivity contribution in [1.29, 1.82) is 0 Å². The van der Waals surface area contributed by atoms with Gasteiger partial charge in [-0.1, -0.05) is 27.7 Å². The summed E-state index contributed by atoms with van der Waals surface area (Å²) in [5.41, 5.74) is 0.879. The van der Waals surface area contributed by atoms with Gasteiger partial charge in [0.15, 0.2) is 17.2 Å². The molecule has 3 aromatic rings. The zero-order valence-electron chi connectivity index (χ0n) is 23.1. The van der Waals surface area contributed by atoms with Crippen molar-refractivity contribution in [3.05, 3.63) is 55.9 Å². The minimum absolute atomic E-state index is 0.0104. The predicted octanol–water partition coefficient (Wildman–Crippen LogP) is 5.05. The molecule has 210 valence electrons. The maximum absolute atomic E-state index is 13.2. The molecule has 2 aromatic heterocycles. The molecule has 0 bridgehead atoms. The Morgan fingerprint density at radius 2 is 1.36 bits per heavy atom. The number of ether oxygens (including phenoxy) is 3. The van der Waals surface area contributed by atoms with Crippen LogP contribution in [0.25, 0.3) is 0 Å². The number of carbonyl (C=O) groups is 3. The second-order valence-electron chi connectivity index (χ2n) is 9.32. The highest BCUT2D eigenvalue weighted by Gasteiger charge is 2.27. The van der Waals surface area contributed by atoms with E-state index in [0.717, 1.165) is 0 Å². The molecule has 0 radical (unpaired) electrons. The fourth-order valence-electron chi connectivity index (χ4n) is 3.71. The number of esters is 1. The molecule has 0 aliphatic rings. The summed E-state index contributed by atoms with van der Waals surface area (Å²) >= 11 is 2.60. The lowest BCUT2D eigenvalue weighted by molar-refractivity contribution is 0.0520. The van der Waals surface area contributed by atoms with Gasteiger partial charge in [0, 0.05) is 16.3 Å². The number of aromatic nitrogens is 2. The molecule has 12 heteroatoms. The Hall–Kier alpha value is -3.51. The summed E-state index contributed by atoms with van der Waals surface area (Å²) in [5, 5.41) is 10.5. The molecule has 2 amide bonds. The van der Waals surface area contributed by atoms with Crippen LogP contribution in [-0.2, 0) is 4.74 Å². The van der Waals surface area contributed by atoms with E-state index in [4.69, 9.17) is 14.2 Å². The standard InChI is InChI=1S/C27H34N4O6S2/c1-8-37-27(34)18-13-39-26(29-18)22(15(4)5)31-24(33)17-12-38-25(28-17)21(14(2)3)30-23(32)16-9-10-19(35-6)20(11-16)36-7/h9-15,21-22H,8H2,1-7H3,(H,30,32)(H,31,33)/t21-,22-/m0/s1. The summed E-state index contributed by atoms with van der Waals surface area (Å²) in [5.74, 6) is -0.149. The number of amides is 2. The van der Waals surface area contributed by atoms with Crippen LogP contribution in [0.15, 0.2) is 29.0 Å². The van der Waals surface area contributed by atoms with E-state index in [-0.39, 0.29) is 41.6 Å². The third kappa shape index (κ3) is 7.33. The summed E-state index contributed by atoms with van der Waals surface area (Å²) in [6.07, 6.45) is 0. The van der Waals surface area contributed by atoms with Crippen LogP contribution in [0.1, 0.15) is 88.1 Å². The van der Waals surface area contributed by atoms with Crippen molar-refractivity contribution in [3.8, 4) is 11.5 Å². The summed E-state index contributed by atoms with van der Waals surface area (Å²) < 4.78 is 15.6. The minimum atomic E-state index is -0.493. The first-order valence-corrected chi connectivity index (χ1v) is 14.3. The molecule has 0 saturated carbocycles. The first-order chi connectivity index (χ1) is 18.6.